The Bertz CT molecular complexity index is 318. The number of thiophene rings is 1. The summed E-state index contributed by atoms with van der Waals surface area (Å²) in [5.74, 6) is 0.780. The first-order chi connectivity index (χ1) is 6.00. The van der Waals surface area contributed by atoms with Crippen LogP contribution in [0, 0.1) is 11.3 Å². The average molecular weight is 280 g/mol. The Morgan fingerprint density at radius 3 is 2.62 bits per heavy atom. The van der Waals surface area contributed by atoms with Crippen LogP contribution in [0.5, 0.6) is 0 Å². The van der Waals surface area contributed by atoms with Gasteiger partial charge in [0, 0.05) is 4.88 Å². The third kappa shape index (κ3) is 1.95. The van der Waals surface area contributed by atoms with E-state index in [-0.39, 0.29) is 0 Å². The number of rotatable bonds is 2. The van der Waals surface area contributed by atoms with Crippen LogP contribution in [0.4, 0.5) is 0 Å². The van der Waals surface area contributed by atoms with Gasteiger partial charge < -0.3 is 0 Å². The van der Waals surface area contributed by atoms with Gasteiger partial charge in [-0.05, 0) is 29.9 Å². The monoisotopic (exact) mass is 278 g/mol. The molecule has 2 unspecified atom stereocenters. The Morgan fingerprint density at radius 1 is 1.62 bits per heavy atom. The SMILES string of the molecule is CC1(C)CC1C(Br)c1ccc(Cl)s1. The summed E-state index contributed by atoms with van der Waals surface area (Å²) in [7, 11) is 0. The molecular weight excluding hydrogens is 268 g/mol. The zero-order chi connectivity index (χ0) is 9.64. The molecule has 1 aliphatic carbocycles. The van der Waals surface area contributed by atoms with E-state index in [2.05, 4.69) is 35.8 Å². The summed E-state index contributed by atoms with van der Waals surface area (Å²) in [6.07, 6.45) is 1.32. The summed E-state index contributed by atoms with van der Waals surface area (Å²) in [5, 5.41) is 0. The third-order valence-electron chi connectivity index (χ3n) is 2.81. The molecule has 0 aliphatic heterocycles. The molecule has 1 fully saturated rings. The minimum absolute atomic E-state index is 0.500. The summed E-state index contributed by atoms with van der Waals surface area (Å²) in [4.78, 5) is 1.86. The second-order valence-corrected chi connectivity index (χ2v) is 7.08. The molecule has 0 spiro atoms. The molecular formula is C10H12BrClS. The lowest BCUT2D eigenvalue weighted by atomic mass is 10.1. The summed E-state index contributed by atoms with van der Waals surface area (Å²) in [6.45, 7) is 4.64. The van der Waals surface area contributed by atoms with Crippen molar-refractivity contribution in [2.75, 3.05) is 0 Å². The average Bonchev–Trinajstić information content (AvgIpc) is 2.47. The van der Waals surface area contributed by atoms with Gasteiger partial charge in [-0.3, -0.25) is 0 Å². The third-order valence-corrected chi connectivity index (χ3v) is 5.56. The van der Waals surface area contributed by atoms with Crippen molar-refractivity contribution in [1.82, 2.24) is 0 Å². The van der Waals surface area contributed by atoms with Crippen molar-refractivity contribution in [3.63, 3.8) is 0 Å². The molecule has 3 heteroatoms. The maximum absolute atomic E-state index is 5.90. The van der Waals surface area contributed by atoms with E-state index in [1.54, 1.807) is 11.3 Å². The van der Waals surface area contributed by atoms with Gasteiger partial charge in [0.15, 0.2) is 0 Å². The van der Waals surface area contributed by atoms with Crippen LogP contribution in [0.25, 0.3) is 0 Å². The van der Waals surface area contributed by atoms with E-state index in [1.807, 2.05) is 6.07 Å². The van der Waals surface area contributed by atoms with Crippen molar-refractivity contribution in [3.05, 3.63) is 21.3 Å². The lowest BCUT2D eigenvalue weighted by molar-refractivity contribution is 0.557. The van der Waals surface area contributed by atoms with Gasteiger partial charge in [0.05, 0.1) is 9.16 Å². The number of alkyl halides is 1. The molecule has 2 atom stereocenters. The predicted octanol–water partition coefficient (Wildman–Crippen LogP) is 4.88. The van der Waals surface area contributed by atoms with Crippen LogP contribution in [0.1, 0.15) is 30.0 Å². The standard InChI is InChI=1S/C10H12BrClS/c1-10(2)5-6(10)9(11)7-3-4-8(12)13-7/h3-4,6,9H,5H2,1-2H3. The first-order valence-electron chi connectivity index (χ1n) is 4.40. The number of halogens is 2. The second-order valence-electron chi connectivity index (χ2n) is 4.34. The highest BCUT2D eigenvalue weighted by Gasteiger charge is 2.49. The van der Waals surface area contributed by atoms with Crippen molar-refractivity contribution in [3.8, 4) is 0 Å². The number of hydrogen-bond acceptors (Lipinski definition) is 1. The zero-order valence-corrected chi connectivity index (χ0v) is 10.8. The van der Waals surface area contributed by atoms with E-state index >= 15 is 0 Å². The Labute approximate surface area is 96.4 Å². The molecule has 0 aromatic carbocycles. The van der Waals surface area contributed by atoms with Crippen LogP contribution in [0.2, 0.25) is 4.34 Å². The lowest BCUT2D eigenvalue weighted by Crippen LogP contribution is -1.96. The Hall–Kier alpha value is 0.470. The highest BCUT2D eigenvalue weighted by atomic mass is 79.9. The van der Waals surface area contributed by atoms with Crippen molar-refractivity contribution in [1.29, 1.82) is 0 Å². The first kappa shape index (κ1) is 10.0. The molecule has 0 N–H and O–H groups in total. The molecule has 1 heterocycles. The van der Waals surface area contributed by atoms with E-state index in [0.29, 0.717) is 10.2 Å². The largest absolute Gasteiger partial charge is 0.127 e. The molecule has 0 bridgehead atoms. The van der Waals surface area contributed by atoms with Crippen LogP contribution < -0.4 is 0 Å². The maximum atomic E-state index is 5.90. The van der Waals surface area contributed by atoms with Gasteiger partial charge in [-0.1, -0.05) is 41.4 Å². The minimum Gasteiger partial charge on any atom is -0.127 e. The minimum atomic E-state index is 0.500. The van der Waals surface area contributed by atoms with Crippen LogP contribution >= 0.6 is 38.9 Å². The smallest absolute Gasteiger partial charge is 0.0931 e. The molecule has 13 heavy (non-hydrogen) atoms. The molecule has 0 amide bonds. The normalized spacial score (nSPS) is 27.2. The van der Waals surface area contributed by atoms with E-state index < -0.39 is 0 Å². The van der Waals surface area contributed by atoms with Crippen molar-refractivity contribution < 1.29 is 0 Å². The van der Waals surface area contributed by atoms with Gasteiger partial charge >= 0.3 is 0 Å². The Balaban J connectivity index is 2.11. The maximum Gasteiger partial charge on any atom is 0.0931 e. The van der Waals surface area contributed by atoms with Gasteiger partial charge in [0.2, 0.25) is 0 Å². The molecule has 1 aromatic heterocycles. The van der Waals surface area contributed by atoms with Gasteiger partial charge in [-0.2, -0.15) is 0 Å². The molecule has 1 saturated carbocycles. The molecule has 1 aliphatic rings. The molecule has 2 rings (SSSR count). The molecule has 72 valence electrons. The first-order valence-corrected chi connectivity index (χ1v) is 6.51. The Morgan fingerprint density at radius 2 is 2.23 bits per heavy atom. The quantitative estimate of drug-likeness (QED) is 0.677. The topological polar surface area (TPSA) is 0 Å². The van der Waals surface area contributed by atoms with Crippen molar-refractivity contribution in [2.45, 2.75) is 25.1 Å². The summed E-state index contributed by atoms with van der Waals surface area (Å²) < 4.78 is 0.887. The molecule has 0 nitrogen and oxygen atoms in total. The van der Waals surface area contributed by atoms with Crippen LogP contribution in [0.15, 0.2) is 12.1 Å². The van der Waals surface area contributed by atoms with Gasteiger partial charge in [-0.15, -0.1) is 11.3 Å². The summed E-state index contributed by atoms with van der Waals surface area (Å²) >= 11 is 11.3. The van der Waals surface area contributed by atoms with E-state index in [1.165, 1.54) is 11.3 Å². The van der Waals surface area contributed by atoms with Gasteiger partial charge in [0.1, 0.15) is 0 Å². The molecule has 1 aromatic rings. The number of hydrogen-bond donors (Lipinski definition) is 0. The summed E-state index contributed by atoms with van der Waals surface area (Å²) in [5.41, 5.74) is 0.518. The van der Waals surface area contributed by atoms with Crippen LogP contribution in [0.3, 0.4) is 0 Å². The van der Waals surface area contributed by atoms with E-state index in [4.69, 9.17) is 11.6 Å². The molecule has 0 radical (unpaired) electrons. The van der Waals surface area contributed by atoms with Crippen molar-refractivity contribution in [2.24, 2.45) is 11.3 Å². The van der Waals surface area contributed by atoms with Crippen LogP contribution in [-0.4, -0.2) is 0 Å². The van der Waals surface area contributed by atoms with Crippen LogP contribution in [-0.2, 0) is 0 Å². The van der Waals surface area contributed by atoms with Gasteiger partial charge in [-0.25, -0.2) is 0 Å². The van der Waals surface area contributed by atoms with Gasteiger partial charge in [0.25, 0.3) is 0 Å². The fourth-order valence-corrected chi connectivity index (χ4v) is 4.12. The molecule has 0 saturated heterocycles. The van der Waals surface area contributed by atoms with Crippen molar-refractivity contribution >= 4 is 38.9 Å². The predicted molar refractivity (Wildman–Crippen MR) is 62.9 cm³/mol. The zero-order valence-electron chi connectivity index (χ0n) is 7.68. The Kier molecular flexibility index (Phi) is 2.50. The van der Waals surface area contributed by atoms with E-state index in [9.17, 15) is 0 Å². The highest BCUT2D eigenvalue weighted by molar-refractivity contribution is 9.09. The highest BCUT2D eigenvalue weighted by Crippen LogP contribution is 2.61. The second kappa shape index (κ2) is 3.25. The van der Waals surface area contributed by atoms with E-state index in [0.717, 1.165) is 10.3 Å². The fraction of sp³-hybridized carbons (Fsp3) is 0.600. The fourth-order valence-electron chi connectivity index (χ4n) is 1.68. The summed E-state index contributed by atoms with van der Waals surface area (Å²) in [6, 6.07) is 4.10. The lowest BCUT2D eigenvalue weighted by Gasteiger charge is -2.08.